The van der Waals surface area contributed by atoms with Crippen molar-refractivity contribution in [3.8, 4) is 11.6 Å². The molecule has 3 heterocycles. The minimum atomic E-state index is 0.462. The maximum Gasteiger partial charge on any atom is 0.216 e. The second-order valence-corrected chi connectivity index (χ2v) is 6.55. The normalized spacial score (nSPS) is 11.8. The minimum absolute atomic E-state index is 0.462. The molecule has 0 fully saturated rings. The summed E-state index contributed by atoms with van der Waals surface area (Å²) in [7, 11) is 1.86. The first-order valence-electron chi connectivity index (χ1n) is 8.55. The SMILES string of the molecule is CCNC(=NCc1cc(Cl)c(Cl)n1C)NCCc1nc(-c2ccco2)n[nH]1. The topological polar surface area (TPSA) is 96.1 Å². The summed E-state index contributed by atoms with van der Waals surface area (Å²) < 4.78 is 7.11. The van der Waals surface area contributed by atoms with Crippen molar-refractivity contribution < 1.29 is 4.42 Å². The van der Waals surface area contributed by atoms with Crippen LogP contribution in [0.2, 0.25) is 10.2 Å². The van der Waals surface area contributed by atoms with Gasteiger partial charge in [0.05, 0.1) is 17.8 Å². The molecule has 0 aromatic carbocycles. The van der Waals surface area contributed by atoms with Crippen LogP contribution in [0, 0.1) is 0 Å². The van der Waals surface area contributed by atoms with Crippen LogP contribution in [0.15, 0.2) is 33.9 Å². The summed E-state index contributed by atoms with van der Waals surface area (Å²) in [6.07, 6.45) is 2.26. The summed E-state index contributed by atoms with van der Waals surface area (Å²) in [5.74, 6) is 2.66. The van der Waals surface area contributed by atoms with Gasteiger partial charge in [-0.25, -0.2) is 9.98 Å². The van der Waals surface area contributed by atoms with Crippen LogP contribution >= 0.6 is 23.2 Å². The van der Waals surface area contributed by atoms with Crippen LogP contribution in [0.1, 0.15) is 18.4 Å². The Morgan fingerprint density at radius 1 is 1.37 bits per heavy atom. The maximum atomic E-state index is 6.09. The number of nitrogens with zero attached hydrogens (tertiary/aromatic N) is 4. The Kier molecular flexibility index (Phi) is 6.41. The van der Waals surface area contributed by atoms with Gasteiger partial charge in [0.2, 0.25) is 5.82 Å². The van der Waals surface area contributed by atoms with Crippen LogP contribution in [0.3, 0.4) is 0 Å². The first-order valence-corrected chi connectivity index (χ1v) is 9.31. The highest BCUT2D eigenvalue weighted by molar-refractivity contribution is 6.41. The second-order valence-electron chi connectivity index (χ2n) is 5.79. The molecule has 0 amide bonds. The Morgan fingerprint density at radius 3 is 2.89 bits per heavy atom. The number of H-pyrrole nitrogens is 1. The lowest BCUT2D eigenvalue weighted by atomic mass is 10.4. The number of aromatic nitrogens is 4. The number of nitrogens with one attached hydrogen (secondary N) is 3. The molecule has 0 aliphatic carbocycles. The van der Waals surface area contributed by atoms with Gasteiger partial charge in [-0.05, 0) is 25.1 Å². The smallest absolute Gasteiger partial charge is 0.216 e. The molecule has 27 heavy (non-hydrogen) atoms. The van der Waals surface area contributed by atoms with E-state index in [0.717, 1.165) is 18.1 Å². The van der Waals surface area contributed by atoms with Crippen molar-refractivity contribution in [1.29, 1.82) is 0 Å². The van der Waals surface area contributed by atoms with Gasteiger partial charge in [0.1, 0.15) is 11.0 Å². The summed E-state index contributed by atoms with van der Waals surface area (Å²) in [5, 5.41) is 14.6. The molecule has 0 atom stereocenters. The molecular weight excluding hydrogens is 389 g/mol. The van der Waals surface area contributed by atoms with E-state index in [1.54, 1.807) is 12.3 Å². The van der Waals surface area contributed by atoms with Crippen molar-refractivity contribution in [2.24, 2.45) is 12.0 Å². The predicted octanol–water partition coefficient (Wildman–Crippen LogP) is 3.01. The lowest BCUT2D eigenvalue weighted by Crippen LogP contribution is -2.38. The van der Waals surface area contributed by atoms with Gasteiger partial charge in [0.25, 0.3) is 0 Å². The Hall–Kier alpha value is -2.45. The highest BCUT2D eigenvalue weighted by atomic mass is 35.5. The Morgan fingerprint density at radius 2 is 2.22 bits per heavy atom. The van der Waals surface area contributed by atoms with E-state index in [2.05, 4.69) is 30.8 Å². The Labute approximate surface area is 167 Å². The number of guanidine groups is 1. The van der Waals surface area contributed by atoms with E-state index >= 15 is 0 Å². The van der Waals surface area contributed by atoms with Crippen LogP contribution in [-0.4, -0.2) is 38.8 Å². The van der Waals surface area contributed by atoms with E-state index in [4.69, 9.17) is 27.6 Å². The molecule has 0 radical (unpaired) electrons. The first-order chi connectivity index (χ1) is 13.1. The van der Waals surface area contributed by atoms with Crippen molar-refractivity contribution >= 4 is 29.2 Å². The second kappa shape index (κ2) is 8.96. The molecule has 0 saturated carbocycles. The molecule has 10 heteroatoms. The van der Waals surface area contributed by atoms with Gasteiger partial charge in [-0.3, -0.25) is 5.10 Å². The average molecular weight is 410 g/mol. The zero-order valence-corrected chi connectivity index (χ0v) is 16.6. The highest BCUT2D eigenvalue weighted by Crippen LogP contribution is 2.25. The number of aromatic amines is 1. The highest BCUT2D eigenvalue weighted by Gasteiger charge is 2.10. The largest absolute Gasteiger partial charge is 0.461 e. The molecule has 0 bridgehead atoms. The predicted molar refractivity (Wildman–Crippen MR) is 106 cm³/mol. The third-order valence-corrected chi connectivity index (χ3v) is 4.73. The molecule has 0 aliphatic rings. The maximum absolute atomic E-state index is 6.09. The van der Waals surface area contributed by atoms with Gasteiger partial charge in [0.15, 0.2) is 11.7 Å². The fraction of sp³-hybridized carbons (Fsp3) is 0.353. The number of halogens is 2. The molecule has 3 N–H and O–H groups in total. The summed E-state index contributed by atoms with van der Waals surface area (Å²) in [6, 6.07) is 5.45. The van der Waals surface area contributed by atoms with Crippen LogP contribution in [0.5, 0.6) is 0 Å². The molecule has 8 nitrogen and oxygen atoms in total. The lowest BCUT2D eigenvalue weighted by molar-refractivity contribution is 0.577. The van der Waals surface area contributed by atoms with Gasteiger partial charge in [-0.2, -0.15) is 5.10 Å². The molecular formula is C17H21Cl2N7O. The molecule has 0 aliphatic heterocycles. The molecule has 144 valence electrons. The van der Waals surface area contributed by atoms with Gasteiger partial charge < -0.3 is 19.6 Å². The fourth-order valence-electron chi connectivity index (χ4n) is 2.46. The van der Waals surface area contributed by atoms with Crippen molar-refractivity contribution in [1.82, 2.24) is 30.4 Å². The molecule has 3 aromatic rings. The monoisotopic (exact) mass is 409 g/mol. The van der Waals surface area contributed by atoms with E-state index < -0.39 is 0 Å². The van der Waals surface area contributed by atoms with E-state index in [-0.39, 0.29) is 0 Å². The summed E-state index contributed by atoms with van der Waals surface area (Å²) in [4.78, 5) is 8.99. The lowest BCUT2D eigenvalue weighted by Gasteiger charge is -2.10. The van der Waals surface area contributed by atoms with Crippen LogP contribution in [-0.2, 0) is 20.0 Å². The van der Waals surface area contributed by atoms with Crippen molar-refractivity contribution in [3.05, 3.63) is 46.2 Å². The molecule has 0 unspecified atom stereocenters. The quantitative estimate of drug-likeness (QED) is 0.411. The average Bonchev–Trinajstić information content (AvgIpc) is 3.38. The number of furan rings is 1. The van der Waals surface area contributed by atoms with E-state index in [9.17, 15) is 0 Å². The Bertz CT molecular complexity index is 899. The summed E-state index contributed by atoms with van der Waals surface area (Å²) in [6.45, 7) is 3.88. The van der Waals surface area contributed by atoms with Crippen LogP contribution in [0.25, 0.3) is 11.6 Å². The summed E-state index contributed by atoms with van der Waals surface area (Å²) >= 11 is 12.1. The third kappa shape index (κ3) is 4.84. The van der Waals surface area contributed by atoms with Gasteiger partial charge in [0, 0.05) is 32.3 Å². The number of hydrogen-bond donors (Lipinski definition) is 3. The van der Waals surface area contributed by atoms with E-state index in [1.807, 2.05) is 30.7 Å². The van der Waals surface area contributed by atoms with Crippen molar-refractivity contribution in [3.63, 3.8) is 0 Å². The molecule has 0 saturated heterocycles. The number of hydrogen-bond acceptors (Lipinski definition) is 4. The minimum Gasteiger partial charge on any atom is -0.461 e. The van der Waals surface area contributed by atoms with Gasteiger partial charge >= 0.3 is 0 Å². The number of aliphatic imine (C=N–C) groups is 1. The zero-order chi connectivity index (χ0) is 19.2. The number of rotatable bonds is 7. The zero-order valence-electron chi connectivity index (χ0n) is 15.1. The molecule has 0 spiro atoms. The van der Waals surface area contributed by atoms with Crippen LogP contribution < -0.4 is 10.6 Å². The first kappa shape index (κ1) is 19.3. The van der Waals surface area contributed by atoms with Gasteiger partial charge in [-0.1, -0.05) is 23.2 Å². The van der Waals surface area contributed by atoms with Crippen molar-refractivity contribution in [2.75, 3.05) is 13.1 Å². The van der Waals surface area contributed by atoms with Crippen LogP contribution in [0.4, 0.5) is 0 Å². The van der Waals surface area contributed by atoms with Crippen molar-refractivity contribution in [2.45, 2.75) is 19.9 Å². The summed E-state index contributed by atoms with van der Waals surface area (Å²) in [5.41, 5.74) is 0.931. The third-order valence-electron chi connectivity index (χ3n) is 3.89. The van der Waals surface area contributed by atoms with E-state index in [0.29, 0.717) is 47.2 Å². The fourth-order valence-corrected chi connectivity index (χ4v) is 2.88. The Balaban J connectivity index is 1.55. The standard InChI is InChI=1S/C17H21Cl2N7O/c1-3-20-17(22-10-11-9-12(18)15(19)26(11)2)21-7-6-14-23-16(25-24-14)13-5-4-8-27-13/h4-5,8-9H,3,6-7,10H2,1-2H3,(H2,20,21,22)(H,23,24,25). The van der Waals surface area contributed by atoms with E-state index in [1.165, 1.54) is 0 Å². The molecule has 3 aromatic heterocycles. The van der Waals surface area contributed by atoms with Gasteiger partial charge in [-0.15, -0.1) is 0 Å². The molecule has 3 rings (SSSR count).